The standard InChI is InChI=1S/C21H28N2O4.ClH/c1-23(13-11-16-9-10-19(26-3)20(15-16)27-4)14-12-21(24)22-17-7-5-6-8-18(17)25-2;/h5-10,15H,11-14H2,1-4H3,(H,22,24);1H. The van der Waals surface area contributed by atoms with Crippen LogP contribution in [0.25, 0.3) is 0 Å². The van der Waals surface area contributed by atoms with Crippen LogP contribution in [0.4, 0.5) is 5.69 Å². The van der Waals surface area contributed by atoms with Gasteiger partial charge in [0.1, 0.15) is 5.75 Å². The lowest BCUT2D eigenvalue weighted by molar-refractivity contribution is -0.878. The molecule has 0 aliphatic rings. The van der Waals surface area contributed by atoms with Gasteiger partial charge in [0.2, 0.25) is 5.91 Å². The van der Waals surface area contributed by atoms with Crippen molar-refractivity contribution in [3.8, 4) is 17.2 Å². The molecule has 0 saturated heterocycles. The van der Waals surface area contributed by atoms with E-state index in [1.54, 1.807) is 21.3 Å². The van der Waals surface area contributed by atoms with Gasteiger partial charge in [0, 0.05) is 6.42 Å². The minimum atomic E-state index is -0.00929. The van der Waals surface area contributed by atoms with E-state index >= 15 is 0 Å². The number of anilines is 1. The molecule has 0 bridgehead atoms. The monoisotopic (exact) mass is 408 g/mol. The first-order valence-corrected chi connectivity index (χ1v) is 9.02. The number of carbonyl (C=O) groups excluding carboxylic acids is 1. The predicted octanol–water partition coefficient (Wildman–Crippen LogP) is -1.20. The summed E-state index contributed by atoms with van der Waals surface area (Å²) in [6.45, 7) is 1.69. The molecule has 0 aliphatic carbocycles. The molecule has 2 aromatic carbocycles. The summed E-state index contributed by atoms with van der Waals surface area (Å²) in [4.78, 5) is 13.5. The second-order valence-electron chi connectivity index (χ2n) is 6.39. The molecule has 0 saturated carbocycles. The van der Waals surface area contributed by atoms with Gasteiger partial charge in [-0.15, -0.1) is 0 Å². The van der Waals surface area contributed by atoms with Gasteiger partial charge in [-0.2, -0.15) is 0 Å². The number of amides is 1. The Hall–Kier alpha value is -2.44. The Morgan fingerprint density at radius 3 is 2.29 bits per heavy atom. The van der Waals surface area contributed by atoms with E-state index in [1.165, 1.54) is 10.5 Å². The molecule has 6 nitrogen and oxygen atoms in total. The van der Waals surface area contributed by atoms with Crippen LogP contribution >= 0.6 is 0 Å². The van der Waals surface area contributed by atoms with Gasteiger partial charge >= 0.3 is 0 Å². The number of benzene rings is 2. The number of ether oxygens (including phenoxy) is 3. The van der Waals surface area contributed by atoms with Gasteiger partial charge in [-0.1, -0.05) is 18.2 Å². The predicted molar refractivity (Wildman–Crippen MR) is 106 cm³/mol. The summed E-state index contributed by atoms with van der Waals surface area (Å²) in [5, 5.41) is 2.91. The van der Waals surface area contributed by atoms with Crippen molar-refractivity contribution in [1.82, 2.24) is 0 Å². The van der Waals surface area contributed by atoms with Crippen LogP contribution in [0.2, 0.25) is 0 Å². The van der Waals surface area contributed by atoms with Gasteiger partial charge in [-0.05, 0) is 29.8 Å². The fourth-order valence-electron chi connectivity index (χ4n) is 2.81. The molecule has 1 atom stereocenters. The average Bonchev–Trinajstić information content (AvgIpc) is 2.70. The van der Waals surface area contributed by atoms with Crippen LogP contribution in [-0.4, -0.2) is 47.4 Å². The number of rotatable bonds is 10. The van der Waals surface area contributed by atoms with Crippen LogP contribution in [0.5, 0.6) is 17.2 Å². The first kappa shape index (κ1) is 23.6. The van der Waals surface area contributed by atoms with Crippen molar-refractivity contribution in [3.05, 3.63) is 48.0 Å². The Labute approximate surface area is 173 Å². The maximum Gasteiger partial charge on any atom is 0.230 e. The maximum absolute atomic E-state index is 12.2. The molecule has 7 heteroatoms. The minimum absolute atomic E-state index is 0. The molecule has 2 rings (SSSR count). The Morgan fingerprint density at radius 1 is 0.929 bits per heavy atom. The highest BCUT2D eigenvalue weighted by atomic mass is 35.5. The molecule has 28 heavy (non-hydrogen) atoms. The van der Waals surface area contributed by atoms with Crippen molar-refractivity contribution >= 4 is 11.6 Å². The van der Waals surface area contributed by atoms with Crippen molar-refractivity contribution in [1.29, 1.82) is 0 Å². The third-order valence-electron chi connectivity index (χ3n) is 4.45. The summed E-state index contributed by atoms with van der Waals surface area (Å²) in [5.41, 5.74) is 1.89. The van der Waals surface area contributed by atoms with E-state index in [9.17, 15) is 4.79 Å². The molecule has 0 fully saturated rings. The lowest BCUT2D eigenvalue weighted by Crippen LogP contribution is -3.09. The van der Waals surface area contributed by atoms with Gasteiger partial charge in [0.15, 0.2) is 11.5 Å². The summed E-state index contributed by atoms with van der Waals surface area (Å²) in [6.07, 6.45) is 1.36. The van der Waals surface area contributed by atoms with Crippen LogP contribution < -0.4 is 36.8 Å². The molecular weight excluding hydrogens is 380 g/mol. The summed E-state index contributed by atoms with van der Waals surface area (Å²) < 4.78 is 15.9. The van der Waals surface area contributed by atoms with Gasteiger partial charge in [0.05, 0.1) is 53.6 Å². The largest absolute Gasteiger partial charge is 1.00 e. The van der Waals surface area contributed by atoms with Crippen molar-refractivity contribution in [2.24, 2.45) is 0 Å². The van der Waals surface area contributed by atoms with Gasteiger partial charge in [0.25, 0.3) is 0 Å². The van der Waals surface area contributed by atoms with E-state index in [2.05, 4.69) is 12.4 Å². The third kappa shape index (κ3) is 6.94. The van der Waals surface area contributed by atoms with E-state index in [0.717, 1.165) is 31.0 Å². The van der Waals surface area contributed by atoms with Crippen LogP contribution in [0.15, 0.2) is 42.5 Å². The fourth-order valence-corrected chi connectivity index (χ4v) is 2.81. The molecule has 1 unspecified atom stereocenters. The van der Waals surface area contributed by atoms with Crippen LogP contribution in [0, 0.1) is 0 Å². The van der Waals surface area contributed by atoms with Crippen molar-refractivity contribution in [3.63, 3.8) is 0 Å². The number of carbonyl (C=O) groups is 1. The SMILES string of the molecule is COc1ccccc1NC(=O)CC[NH+](C)CCc1ccc(OC)c(OC)c1.[Cl-]. The first-order chi connectivity index (χ1) is 13.1. The molecule has 0 radical (unpaired) electrons. The van der Waals surface area contributed by atoms with Crippen LogP contribution in [-0.2, 0) is 11.2 Å². The van der Waals surface area contributed by atoms with E-state index in [4.69, 9.17) is 14.2 Å². The Balaban J connectivity index is 0.00000392. The maximum atomic E-state index is 12.2. The fraction of sp³-hybridized carbons (Fsp3) is 0.381. The Bertz CT molecular complexity index is 755. The number of quaternary nitrogens is 1. The van der Waals surface area contributed by atoms with Gasteiger partial charge in [-0.3, -0.25) is 4.79 Å². The highest BCUT2D eigenvalue weighted by Crippen LogP contribution is 2.27. The second-order valence-corrected chi connectivity index (χ2v) is 6.39. The summed E-state index contributed by atoms with van der Waals surface area (Å²) in [7, 11) is 6.96. The van der Waals surface area contributed by atoms with E-state index in [0.29, 0.717) is 17.9 Å². The summed E-state index contributed by atoms with van der Waals surface area (Å²) >= 11 is 0. The number of nitrogens with one attached hydrogen (secondary N) is 2. The van der Waals surface area contributed by atoms with Crippen molar-refractivity contribution < 1.29 is 36.3 Å². The summed E-state index contributed by atoms with van der Waals surface area (Å²) in [5.74, 6) is 2.13. The van der Waals surface area contributed by atoms with E-state index < -0.39 is 0 Å². The van der Waals surface area contributed by atoms with Crippen LogP contribution in [0.3, 0.4) is 0 Å². The molecule has 0 heterocycles. The summed E-state index contributed by atoms with van der Waals surface area (Å²) in [6, 6.07) is 13.4. The number of halogens is 1. The molecule has 1 amide bonds. The highest BCUT2D eigenvalue weighted by molar-refractivity contribution is 5.92. The smallest absolute Gasteiger partial charge is 0.230 e. The topological polar surface area (TPSA) is 61.2 Å². The average molecular weight is 409 g/mol. The quantitative estimate of drug-likeness (QED) is 0.518. The number of methoxy groups -OCH3 is 3. The normalized spacial score (nSPS) is 11.1. The minimum Gasteiger partial charge on any atom is -1.00 e. The lowest BCUT2D eigenvalue weighted by atomic mass is 10.1. The Kier molecular flexibility index (Phi) is 10.2. The molecule has 0 spiro atoms. The van der Waals surface area contributed by atoms with Crippen molar-refractivity contribution in [2.75, 3.05) is 46.8 Å². The molecule has 0 aliphatic heterocycles. The molecule has 2 aromatic rings. The number of para-hydroxylation sites is 2. The molecule has 154 valence electrons. The van der Waals surface area contributed by atoms with Gasteiger partial charge in [-0.25, -0.2) is 0 Å². The second kappa shape index (κ2) is 12.1. The number of hydrogen-bond donors (Lipinski definition) is 2. The zero-order valence-corrected chi connectivity index (χ0v) is 17.6. The van der Waals surface area contributed by atoms with Crippen LogP contribution in [0.1, 0.15) is 12.0 Å². The lowest BCUT2D eigenvalue weighted by Gasteiger charge is -2.15. The number of hydrogen-bond acceptors (Lipinski definition) is 4. The zero-order valence-electron chi connectivity index (χ0n) is 16.9. The van der Waals surface area contributed by atoms with E-state index in [-0.39, 0.29) is 18.3 Å². The highest BCUT2D eigenvalue weighted by Gasteiger charge is 2.11. The molecular formula is C21H29ClN2O4. The number of likely N-dealkylation sites (N-methyl/N-ethyl adjacent to an activating group) is 1. The van der Waals surface area contributed by atoms with Gasteiger partial charge < -0.3 is 36.8 Å². The Morgan fingerprint density at radius 2 is 1.61 bits per heavy atom. The van der Waals surface area contributed by atoms with Crippen molar-refractivity contribution in [2.45, 2.75) is 12.8 Å². The van der Waals surface area contributed by atoms with E-state index in [1.807, 2.05) is 42.5 Å². The molecule has 2 N–H and O–H groups in total. The first-order valence-electron chi connectivity index (χ1n) is 9.02. The third-order valence-corrected chi connectivity index (χ3v) is 4.45. The zero-order chi connectivity index (χ0) is 19.6. The molecule has 0 aromatic heterocycles.